The van der Waals surface area contributed by atoms with E-state index >= 15 is 0 Å². The summed E-state index contributed by atoms with van der Waals surface area (Å²) in [6.45, 7) is 0.182. The summed E-state index contributed by atoms with van der Waals surface area (Å²) in [6.07, 6.45) is 5.05. The third kappa shape index (κ3) is 5.35. The smallest absolute Gasteiger partial charge is 0.223 e. The quantitative estimate of drug-likeness (QED) is 0.738. The number of hydrogen-bond acceptors (Lipinski definition) is 3. The molecule has 0 saturated heterocycles. The van der Waals surface area contributed by atoms with Gasteiger partial charge in [-0.25, -0.2) is 8.78 Å². The van der Waals surface area contributed by atoms with Gasteiger partial charge < -0.3 is 16.0 Å². The molecule has 2 fully saturated rings. The largest absolute Gasteiger partial charge is 0.354 e. The lowest BCUT2D eigenvalue weighted by atomic mass is 9.65. The Morgan fingerprint density at radius 1 is 1.18 bits per heavy atom. The number of nitrogens with two attached hydrogens (primary N) is 1. The van der Waals surface area contributed by atoms with Gasteiger partial charge in [0, 0.05) is 24.1 Å². The van der Waals surface area contributed by atoms with Crippen LogP contribution in [0.5, 0.6) is 0 Å². The molecule has 28 heavy (non-hydrogen) atoms. The van der Waals surface area contributed by atoms with Gasteiger partial charge in [0.1, 0.15) is 11.6 Å². The summed E-state index contributed by atoms with van der Waals surface area (Å²) in [5, 5.41) is 2.94. The molecule has 160 valence electrons. The van der Waals surface area contributed by atoms with Gasteiger partial charge in [-0.05, 0) is 63.7 Å². The van der Waals surface area contributed by atoms with Gasteiger partial charge in [0.2, 0.25) is 5.91 Å². The van der Waals surface area contributed by atoms with E-state index < -0.39 is 17.7 Å². The predicted octanol–water partition coefficient (Wildman–Crippen LogP) is 3.68. The number of fused-ring (bicyclic) bond motifs is 2. The molecule has 0 aliphatic heterocycles. The fraction of sp³-hybridized carbons (Fsp3) is 0.650. The number of nitrogens with one attached hydrogen (secondary N) is 1. The molecule has 4 nitrogen and oxygen atoms in total. The first-order valence-electron chi connectivity index (χ1n) is 9.52. The van der Waals surface area contributed by atoms with Gasteiger partial charge in [0.05, 0.1) is 6.04 Å². The number of halogens is 4. The number of amides is 1. The van der Waals surface area contributed by atoms with E-state index in [1.165, 1.54) is 24.6 Å². The van der Waals surface area contributed by atoms with Gasteiger partial charge in [-0.15, -0.1) is 24.8 Å². The summed E-state index contributed by atoms with van der Waals surface area (Å²) < 4.78 is 28.3. The molecule has 1 amide bonds. The molecule has 0 heterocycles. The van der Waals surface area contributed by atoms with Crippen LogP contribution in [-0.4, -0.2) is 37.5 Å². The monoisotopic (exact) mass is 437 g/mol. The average Bonchev–Trinajstić information content (AvgIpc) is 2.56. The molecule has 2 saturated carbocycles. The Labute approximate surface area is 178 Å². The van der Waals surface area contributed by atoms with Gasteiger partial charge in [-0.3, -0.25) is 4.79 Å². The standard InChI is InChI=1S/C20H29F2N3O.2ClH/c1-25(2)17(18-15(21)7-4-8-16(18)22)11-24-20(26)14-9-12-5-3-6-13(10-14)19(12)23;;/h4,7-8,12-14,17,19H,3,5-6,9-11,23H2,1-2H3,(H,24,26);2*1H. The van der Waals surface area contributed by atoms with Crippen LogP contribution in [0.4, 0.5) is 8.78 Å². The van der Waals surface area contributed by atoms with E-state index in [1.54, 1.807) is 19.0 Å². The van der Waals surface area contributed by atoms with E-state index in [0.29, 0.717) is 11.8 Å². The van der Waals surface area contributed by atoms with Crippen LogP contribution in [-0.2, 0) is 4.79 Å². The highest BCUT2D eigenvalue weighted by Crippen LogP contribution is 2.41. The zero-order chi connectivity index (χ0) is 18.8. The highest BCUT2D eigenvalue weighted by Gasteiger charge is 2.40. The number of nitrogens with zero attached hydrogens (tertiary/aromatic N) is 1. The molecule has 2 aliphatic carbocycles. The first kappa shape index (κ1) is 25.1. The SMILES string of the molecule is CN(C)C(CNC(=O)C1CC2CCCC(C1)C2N)c1c(F)cccc1F.Cl.Cl. The maximum Gasteiger partial charge on any atom is 0.223 e. The Hall–Kier alpha value is -0.950. The van der Waals surface area contributed by atoms with Crippen molar-refractivity contribution >= 4 is 30.7 Å². The average molecular weight is 438 g/mol. The summed E-state index contributed by atoms with van der Waals surface area (Å²) >= 11 is 0. The molecule has 2 bridgehead atoms. The highest BCUT2D eigenvalue weighted by atomic mass is 35.5. The maximum atomic E-state index is 14.1. The Morgan fingerprint density at radius 2 is 1.71 bits per heavy atom. The first-order chi connectivity index (χ1) is 12.4. The summed E-state index contributed by atoms with van der Waals surface area (Å²) in [5.74, 6) is -0.387. The Kier molecular flexibility index (Phi) is 9.60. The lowest BCUT2D eigenvalue weighted by molar-refractivity contribution is -0.128. The van der Waals surface area contributed by atoms with Crippen molar-refractivity contribution in [2.24, 2.45) is 23.5 Å². The number of rotatable bonds is 5. The molecule has 3 rings (SSSR count). The van der Waals surface area contributed by atoms with Gasteiger partial charge in [0.25, 0.3) is 0 Å². The molecule has 8 heteroatoms. The Balaban J connectivity index is 0.00000196. The Bertz CT molecular complexity index is 628. The van der Waals surface area contributed by atoms with Crippen LogP contribution < -0.4 is 11.1 Å². The second-order valence-corrected chi connectivity index (χ2v) is 8.06. The molecule has 1 aromatic rings. The van der Waals surface area contributed by atoms with Crippen molar-refractivity contribution in [3.63, 3.8) is 0 Å². The van der Waals surface area contributed by atoms with Crippen LogP contribution in [0.15, 0.2) is 18.2 Å². The molecule has 3 unspecified atom stereocenters. The summed E-state index contributed by atoms with van der Waals surface area (Å²) in [7, 11) is 3.51. The van der Waals surface area contributed by atoms with Gasteiger partial charge >= 0.3 is 0 Å². The third-order valence-electron chi connectivity index (χ3n) is 6.21. The maximum absolute atomic E-state index is 14.1. The molecule has 0 radical (unpaired) electrons. The topological polar surface area (TPSA) is 58.4 Å². The van der Waals surface area contributed by atoms with Gasteiger partial charge in [-0.2, -0.15) is 0 Å². The van der Waals surface area contributed by atoms with Crippen LogP contribution in [0.3, 0.4) is 0 Å². The van der Waals surface area contributed by atoms with E-state index in [9.17, 15) is 13.6 Å². The van der Waals surface area contributed by atoms with Crippen molar-refractivity contribution in [1.82, 2.24) is 10.2 Å². The van der Waals surface area contributed by atoms with E-state index in [0.717, 1.165) is 25.7 Å². The van der Waals surface area contributed by atoms with Crippen LogP contribution in [0.1, 0.15) is 43.7 Å². The van der Waals surface area contributed by atoms with Crippen molar-refractivity contribution in [2.75, 3.05) is 20.6 Å². The fourth-order valence-corrected chi connectivity index (χ4v) is 4.72. The number of likely N-dealkylation sites (N-methyl/N-ethyl adjacent to an activating group) is 1. The van der Waals surface area contributed by atoms with E-state index in [-0.39, 0.29) is 54.8 Å². The van der Waals surface area contributed by atoms with E-state index in [2.05, 4.69) is 5.32 Å². The summed E-state index contributed by atoms with van der Waals surface area (Å²) in [6, 6.07) is 3.52. The van der Waals surface area contributed by atoms with Crippen LogP contribution >= 0.6 is 24.8 Å². The molecule has 3 atom stereocenters. The van der Waals surface area contributed by atoms with Crippen molar-refractivity contribution in [1.29, 1.82) is 0 Å². The number of carbonyl (C=O) groups is 1. The number of carbonyl (C=O) groups excluding carboxylic acids is 1. The van der Waals surface area contributed by atoms with Crippen molar-refractivity contribution in [3.8, 4) is 0 Å². The molecular weight excluding hydrogens is 407 g/mol. The van der Waals surface area contributed by atoms with Crippen LogP contribution in [0.2, 0.25) is 0 Å². The molecule has 3 N–H and O–H groups in total. The third-order valence-corrected chi connectivity index (χ3v) is 6.21. The minimum absolute atomic E-state index is 0. The van der Waals surface area contributed by atoms with Crippen molar-refractivity contribution < 1.29 is 13.6 Å². The minimum atomic E-state index is -0.587. The zero-order valence-corrected chi connectivity index (χ0v) is 18.0. The van der Waals surface area contributed by atoms with Crippen molar-refractivity contribution in [3.05, 3.63) is 35.4 Å². The number of hydrogen-bond donors (Lipinski definition) is 2. The molecular formula is C20H31Cl2F2N3O. The van der Waals surface area contributed by atoms with Gasteiger partial charge in [-0.1, -0.05) is 12.5 Å². The van der Waals surface area contributed by atoms with E-state index in [1.807, 2.05) is 0 Å². The normalized spacial score (nSPS) is 27.4. The molecule has 2 aliphatic rings. The molecule has 0 spiro atoms. The van der Waals surface area contributed by atoms with Crippen LogP contribution in [0, 0.1) is 29.4 Å². The first-order valence-corrected chi connectivity index (χ1v) is 9.52. The van der Waals surface area contributed by atoms with Crippen molar-refractivity contribution in [2.45, 2.75) is 44.2 Å². The van der Waals surface area contributed by atoms with Gasteiger partial charge in [0.15, 0.2) is 0 Å². The predicted molar refractivity (Wildman–Crippen MR) is 112 cm³/mol. The summed E-state index contributed by atoms with van der Waals surface area (Å²) in [5.41, 5.74) is 6.30. The minimum Gasteiger partial charge on any atom is -0.354 e. The molecule has 0 aromatic heterocycles. The second kappa shape index (κ2) is 10.7. The lowest BCUT2D eigenvalue weighted by Crippen LogP contribution is -2.49. The highest BCUT2D eigenvalue weighted by molar-refractivity contribution is 5.85. The lowest BCUT2D eigenvalue weighted by Gasteiger charge is -2.43. The summed E-state index contributed by atoms with van der Waals surface area (Å²) in [4.78, 5) is 14.4. The second-order valence-electron chi connectivity index (χ2n) is 8.06. The number of benzene rings is 1. The van der Waals surface area contributed by atoms with Crippen LogP contribution in [0.25, 0.3) is 0 Å². The Morgan fingerprint density at radius 3 is 2.21 bits per heavy atom. The zero-order valence-electron chi connectivity index (χ0n) is 16.4. The molecule has 1 aromatic carbocycles. The fourth-order valence-electron chi connectivity index (χ4n) is 4.72. The van der Waals surface area contributed by atoms with E-state index in [4.69, 9.17) is 5.73 Å².